The maximum Gasteiger partial charge on any atom is 0.317 e. The van der Waals surface area contributed by atoms with Gasteiger partial charge in [-0.1, -0.05) is 19.8 Å². The van der Waals surface area contributed by atoms with Crippen LogP contribution >= 0.6 is 0 Å². The highest BCUT2D eigenvalue weighted by atomic mass is 16.3. The first-order valence-corrected chi connectivity index (χ1v) is 6.10. The number of aliphatic hydroxyl groups is 1. The molecule has 94 valence electrons. The molecule has 2 amide bonds. The summed E-state index contributed by atoms with van der Waals surface area (Å²) in [5, 5.41) is 11.9. The summed E-state index contributed by atoms with van der Waals surface area (Å²) in [7, 11) is 1.72. The molecule has 0 aromatic heterocycles. The summed E-state index contributed by atoms with van der Waals surface area (Å²) in [5.41, 5.74) is 0.277. The van der Waals surface area contributed by atoms with Crippen LogP contribution < -0.4 is 5.32 Å². The summed E-state index contributed by atoms with van der Waals surface area (Å²) >= 11 is 0. The van der Waals surface area contributed by atoms with Gasteiger partial charge in [-0.05, 0) is 25.2 Å². The van der Waals surface area contributed by atoms with Crippen LogP contribution in [0.2, 0.25) is 0 Å². The highest BCUT2D eigenvalue weighted by Gasteiger charge is 2.29. The second kappa shape index (κ2) is 5.53. The molecule has 0 heterocycles. The molecule has 1 atom stereocenters. The molecule has 16 heavy (non-hydrogen) atoms. The van der Waals surface area contributed by atoms with Crippen molar-refractivity contribution >= 4 is 6.03 Å². The van der Waals surface area contributed by atoms with Gasteiger partial charge in [-0.15, -0.1) is 0 Å². The Morgan fingerprint density at radius 3 is 2.56 bits per heavy atom. The number of carbonyl (C=O) groups excluding carboxylic acids is 1. The molecule has 0 saturated heterocycles. The minimum atomic E-state index is -0.128. The van der Waals surface area contributed by atoms with Gasteiger partial charge in [0.1, 0.15) is 0 Å². The summed E-state index contributed by atoms with van der Waals surface area (Å²) in [6.07, 6.45) is 4.95. The van der Waals surface area contributed by atoms with E-state index in [9.17, 15) is 4.79 Å². The molecule has 0 aromatic carbocycles. The van der Waals surface area contributed by atoms with Crippen molar-refractivity contribution in [2.24, 2.45) is 5.41 Å². The molecule has 1 unspecified atom stereocenters. The normalized spacial score (nSPS) is 20.5. The quantitative estimate of drug-likeness (QED) is 0.767. The molecule has 1 saturated carbocycles. The first kappa shape index (κ1) is 13.3. The number of urea groups is 1. The van der Waals surface area contributed by atoms with Crippen LogP contribution in [0.3, 0.4) is 0 Å². The fourth-order valence-corrected chi connectivity index (χ4v) is 2.14. The van der Waals surface area contributed by atoms with Crippen LogP contribution in [0.15, 0.2) is 0 Å². The molecule has 0 aliphatic heterocycles. The third-order valence-electron chi connectivity index (χ3n) is 3.72. The Balaban J connectivity index is 2.34. The van der Waals surface area contributed by atoms with Crippen molar-refractivity contribution in [2.75, 3.05) is 20.2 Å². The van der Waals surface area contributed by atoms with Gasteiger partial charge in [-0.3, -0.25) is 0 Å². The number of rotatable bonds is 4. The Bertz CT molecular complexity index is 237. The Kier molecular flexibility index (Phi) is 4.59. The molecule has 1 rings (SSSR count). The molecule has 1 aliphatic rings. The van der Waals surface area contributed by atoms with Gasteiger partial charge in [0.25, 0.3) is 0 Å². The lowest BCUT2D eigenvalue weighted by molar-refractivity contribution is 0.153. The lowest BCUT2D eigenvalue weighted by Crippen LogP contribution is -2.46. The SMILES string of the molecule is CC(CO)N(C)C(=O)NCC1(C)CCCC1. The molecule has 2 N–H and O–H groups in total. The molecule has 1 aliphatic carbocycles. The highest BCUT2D eigenvalue weighted by molar-refractivity contribution is 5.74. The second-order valence-corrected chi connectivity index (χ2v) is 5.32. The van der Waals surface area contributed by atoms with Crippen LogP contribution in [0, 0.1) is 5.41 Å². The summed E-state index contributed by atoms with van der Waals surface area (Å²) in [6.45, 7) is 4.81. The van der Waals surface area contributed by atoms with E-state index in [2.05, 4.69) is 12.2 Å². The zero-order valence-electron chi connectivity index (χ0n) is 10.6. The number of likely N-dealkylation sites (N-methyl/N-ethyl adjacent to an activating group) is 1. The number of nitrogens with one attached hydrogen (secondary N) is 1. The lowest BCUT2D eigenvalue weighted by atomic mass is 9.89. The number of aliphatic hydroxyl groups excluding tert-OH is 1. The van der Waals surface area contributed by atoms with E-state index in [1.165, 1.54) is 25.7 Å². The number of nitrogens with zero attached hydrogens (tertiary/aromatic N) is 1. The van der Waals surface area contributed by atoms with Crippen molar-refractivity contribution in [3.05, 3.63) is 0 Å². The van der Waals surface area contributed by atoms with Crippen LogP contribution in [0.25, 0.3) is 0 Å². The zero-order chi connectivity index (χ0) is 12.2. The molecule has 4 nitrogen and oxygen atoms in total. The molecule has 0 spiro atoms. The number of hydrogen-bond donors (Lipinski definition) is 2. The Morgan fingerprint density at radius 2 is 2.06 bits per heavy atom. The van der Waals surface area contributed by atoms with E-state index in [0.717, 1.165) is 6.54 Å². The summed E-state index contributed by atoms with van der Waals surface area (Å²) in [6, 6.07) is -0.217. The third kappa shape index (κ3) is 3.37. The van der Waals surface area contributed by atoms with E-state index in [-0.39, 0.29) is 24.1 Å². The van der Waals surface area contributed by atoms with Crippen molar-refractivity contribution in [1.82, 2.24) is 10.2 Å². The molecular weight excluding hydrogens is 204 g/mol. The van der Waals surface area contributed by atoms with Gasteiger partial charge in [0.05, 0.1) is 12.6 Å². The lowest BCUT2D eigenvalue weighted by Gasteiger charge is -2.28. The largest absolute Gasteiger partial charge is 0.394 e. The Labute approximate surface area is 98.0 Å². The van der Waals surface area contributed by atoms with E-state index in [0.29, 0.717) is 0 Å². The zero-order valence-corrected chi connectivity index (χ0v) is 10.6. The number of amides is 2. The first-order chi connectivity index (χ1) is 7.48. The maximum absolute atomic E-state index is 11.7. The van der Waals surface area contributed by atoms with E-state index in [1.54, 1.807) is 11.9 Å². The summed E-state index contributed by atoms with van der Waals surface area (Å²) in [5.74, 6) is 0. The average Bonchev–Trinajstić information content (AvgIpc) is 2.71. The van der Waals surface area contributed by atoms with E-state index < -0.39 is 0 Å². The molecule has 0 radical (unpaired) electrons. The molecular formula is C12H24N2O2. The van der Waals surface area contributed by atoms with Crippen molar-refractivity contribution < 1.29 is 9.90 Å². The molecule has 0 aromatic rings. The van der Waals surface area contributed by atoms with Crippen LogP contribution in [0.4, 0.5) is 4.79 Å². The van der Waals surface area contributed by atoms with Gasteiger partial charge in [0.2, 0.25) is 0 Å². The van der Waals surface area contributed by atoms with E-state index in [1.807, 2.05) is 6.92 Å². The van der Waals surface area contributed by atoms with Crippen LogP contribution in [0.5, 0.6) is 0 Å². The monoisotopic (exact) mass is 228 g/mol. The van der Waals surface area contributed by atoms with Gasteiger partial charge in [-0.2, -0.15) is 0 Å². The number of carbonyl (C=O) groups is 1. The minimum Gasteiger partial charge on any atom is -0.394 e. The van der Waals surface area contributed by atoms with Crippen molar-refractivity contribution in [1.29, 1.82) is 0 Å². The van der Waals surface area contributed by atoms with Gasteiger partial charge in [0, 0.05) is 13.6 Å². The van der Waals surface area contributed by atoms with Crippen LogP contribution in [-0.4, -0.2) is 42.3 Å². The van der Waals surface area contributed by atoms with Gasteiger partial charge < -0.3 is 15.3 Å². The minimum absolute atomic E-state index is 0.00118. The fraction of sp³-hybridized carbons (Fsp3) is 0.917. The van der Waals surface area contributed by atoms with E-state index in [4.69, 9.17) is 5.11 Å². The standard InChI is InChI=1S/C12H24N2O2/c1-10(8-15)14(3)11(16)13-9-12(2)6-4-5-7-12/h10,15H,4-9H2,1-3H3,(H,13,16). The predicted molar refractivity (Wildman–Crippen MR) is 64.3 cm³/mol. The van der Waals surface area contributed by atoms with Gasteiger partial charge in [0.15, 0.2) is 0 Å². The second-order valence-electron chi connectivity index (χ2n) is 5.32. The van der Waals surface area contributed by atoms with Crippen molar-refractivity contribution in [3.8, 4) is 0 Å². The van der Waals surface area contributed by atoms with Gasteiger partial charge >= 0.3 is 6.03 Å². The third-order valence-corrected chi connectivity index (χ3v) is 3.72. The first-order valence-electron chi connectivity index (χ1n) is 6.10. The predicted octanol–water partition coefficient (Wildman–Crippen LogP) is 1.59. The smallest absolute Gasteiger partial charge is 0.317 e. The van der Waals surface area contributed by atoms with Crippen LogP contribution in [-0.2, 0) is 0 Å². The number of hydrogen-bond acceptors (Lipinski definition) is 2. The maximum atomic E-state index is 11.7. The summed E-state index contributed by atoms with van der Waals surface area (Å²) < 4.78 is 0. The molecule has 0 bridgehead atoms. The van der Waals surface area contributed by atoms with Crippen LogP contribution in [0.1, 0.15) is 39.5 Å². The van der Waals surface area contributed by atoms with Crippen molar-refractivity contribution in [3.63, 3.8) is 0 Å². The topological polar surface area (TPSA) is 52.6 Å². The Morgan fingerprint density at radius 1 is 1.50 bits per heavy atom. The van der Waals surface area contributed by atoms with E-state index >= 15 is 0 Å². The summed E-state index contributed by atoms with van der Waals surface area (Å²) in [4.78, 5) is 13.3. The molecule has 4 heteroatoms. The average molecular weight is 228 g/mol. The van der Waals surface area contributed by atoms with Gasteiger partial charge in [-0.25, -0.2) is 4.79 Å². The highest BCUT2D eigenvalue weighted by Crippen LogP contribution is 2.36. The molecule has 1 fully saturated rings. The van der Waals surface area contributed by atoms with Crippen molar-refractivity contribution in [2.45, 2.75) is 45.6 Å². The Hall–Kier alpha value is -0.770. The fourth-order valence-electron chi connectivity index (χ4n) is 2.14.